The smallest absolute Gasteiger partial charge is 0.0589 e. The Kier molecular flexibility index (Phi) is 6.94. The summed E-state index contributed by atoms with van der Waals surface area (Å²) >= 11 is 0. The molecule has 0 heterocycles. The minimum Gasteiger partial charge on any atom is -0.383 e. The Bertz CT molecular complexity index is 314. The standard InChI is InChI=1S/C15H26N2O/c1-13(2)17(9-10-18-3)12-15(11-16)14-7-5-4-6-8-14/h4-8,13,15H,9-12,16H2,1-3H3. The van der Waals surface area contributed by atoms with Gasteiger partial charge in [0.1, 0.15) is 0 Å². The van der Waals surface area contributed by atoms with Gasteiger partial charge in [-0.2, -0.15) is 0 Å². The molecule has 0 aromatic heterocycles. The molecule has 0 aliphatic heterocycles. The Morgan fingerprint density at radius 3 is 2.39 bits per heavy atom. The SMILES string of the molecule is COCCN(CC(CN)c1ccccc1)C(C)C. The number of methoxy groups -OCH3 is 1. The molecule has 0 amide bonds. The second kappa shape index (κ2) is 8.25. The molecule has 0 bridgehead atoms. The van der Waals surface area contributed by atoms with Crippen molar-refractivity contribution in [2.75, 3.05) is 33.4 Å². The van der Waals surface area contributed by atoms with Crippen molar-refractivity contribution in [3.63, 3.8) is 0 Å². The van der Waals surface area contributed by atoms with E-state index in [9.17, 15) is 0 Å². The monoisotopic (exact) mass is 250 g/mol. The highest BCUT2D eigenvalue weighted by Gasteiger charge is 2.16. The molecule has 0 saturated carbocycles. The van der Waals surface area contributed by atoms with Gasteiger partial charge in [0, 0.05) is 38.7 Å². The van der Waals surface area contributed by atoms with Crippen molar-refractivity contribution in [1.29, 1.82) is 0 Å². The second-order valence-electron chi connectivity index (χ2n) is 4.92. The minimum absolute atomic E-state index is 0.394. The Labute approximate surface area is 111 Å². The van der Waals surface area contributed by atoms with Crippen LogP contribution < -0.4 is 5.73 Å². The van der Waals surface area contributed by atoms with E-state index in [2.05, 4.69) is 43.0 Å². The fourth-order valence-corrected chi connectivity index (χ4v) is 2.09. The Hall–Kier alpha value is -0.900. The zero-order valence-electron chi connectivity index (χ0n) is 11.8. The number of nitrogens with two attached hydrogens (primary N) is 1. The van der Waals surface area contributed by atoms with Crippen molar-refractivity contribution in [1.82, 2.24) is 4.90 Å². The number of rotatable bonds is 8. The third-order valence-electron chi connectivity index (χ3n) is 3.32. The summed E-state index contributed by atoms with van der Waals surface area (Å²) in [5.41, 5.74) is 7.25. The van der Waals surface area contributed by atoms with Crippen LogP contribution in [0.25, 0.3) is 0 Å². The van der Waals surface area contributed by atoms with Crippen LogP contribution in [0.4, 0.5) is 0 Å². The lowest BCUT2D eigenvalue weighted by Crippen LogP contribution is -2.38. The number of hydrogen-bond donors (Lipinski definition) is 1. The van der Waals surface area contributed by atoms with Gasteiger partial charge in [0.2, 0.25) is 0 Å². The summed E-state index contributed by atoms with van der Waals surface area (Å²) < 4.78 is 5.17. The number of ether oxygens (including phenoxy) is 1. The highest BCUT2D eigenvalue weighted by Crippen LogP contribution is 2.16. The van der Waals surface area contributed by atoms with Gasteiger partial charge in [-0.05, 0) is 19.4 Å². The molecule has 0 aliphatic carbocycles. The summed E-state index contributed by atoms with van der Waals surface area (Å²) in [6, 6.07) is 11.0. The summed E-state index contributed by atoms with van der Waals surface area (Å²) in [5.74, 6) is 0.394. The molecule has 3 heteroatoms. The fourth-order valence-electron chi connectivity index (χ4n) is 2.09. The zero-order valence-corrected chi connectivity index (χ0v) is 11.8. The Morgan fingerprint density at radius 2 is 1.89 bits per heavy atom. The predicted octanol–water partition coefficient (Wildman–Crippen LogP) is 2.09. The van der Waals surface area contributed by atoms with Crippen LogP contribution in [0.2, 0.25) is 0 Å². The predicted molar refractivity (Wildman–Crippen MR) is 76.8 cm³/mol. The molecule has 1 aromatic carbocycles. The van der Waals surface area contributed by atoms with Crippen LogP contribution in [0.5, 0.6) is 0 Å². The van der Waals surface area contributed by atoms with Gasteiger partial charge in [0.15, 0.2) is 0 Å². The van der Waals surface area contributed by atoms with E-state index in [4.69, 9.17) is 10.5 Å². The van der Waals surface area contributed by atoms with E-state index >= 15 is 0 Å². The van der Waals surface area contributed by atoms with Crippen LogP contribution in [0.1, 0.15) is 25.3 Å². The fraction of sp³-hybridized carbons (Fsp3) is 0.600. The maximum absolute atomic E-state index is 5.92. The first-order chi connectivity index (χ1) is 8.69. The maximum atomic E-state index is 5.92. The zero-order chi connectivity index (χ0) is 13.4. The van der Waals surface area contributed by atoms with Crippen molar-refractivity contribution in [2.24, 2.45) is 5.73 Å². The van der Waals surface area contributed by atoms with Gasteiger partial charge in [-0.15, -0.1) is 0 Å². The highest BCUT2D eigenvalue weighted by atomic mass is 16.5. The molecule has 1 aromatic rings. The second-order valence-corrected chi connectivity index (χ2v) is 4.92. The van der Waals surface area contributed by atoms with Crippen molar-refractivity contribution < 1.29 is 4.74 Å². The van der Waals surface area contributed by atoms with E-state index in [1.165, 1.54) is 5.56 Å². The van der Waals surface area contributed by atoms with Crippen molar-refractivity contribution in [3.8, 4) is 0 Å². The molecule has 18 heavy (non-hydrogen) atoms. The van der Waals surface area contributed by atoms with Crippen LogP contribution >= 0.6 is 0 Å². The minimum atomic E-state index is 0.394. The molecule has 102 valence electrons. The summed E-state index contributed by atoms with van der Waals surface area (Å²) in [5, 5.41) is 0. The number of benzene rings is 1. The van der Waals surface area contributed by atoms with Crippen molar-refractivity contribution in [3.05, 3.63) is 35.9 Å². The van der Waals surface area contributed by atoms with Crippen molar-refractivity contribution >= 4 is 0 Å². The number of nitrogens with zero attached hydrogens (tertiary/aromatic N) is 1. The van der Waals surface area contributed by atoms with Gasteiger partial charge in [-0.25, -0.2) is 0 Å². The quantitative estimate of drug-likeness (QED) is 0.768. The Balaban J connectivity index is 2.65. The molecular formula is C15H26N2O. The molecule has 0 radical (unpaired) electrons. The average molecular weight is 250 g/mol. The average Bonchev–Trinajstić information content (AvgIpc) is 2.39. The molecular weight excluding hydrogens is 224 g/mol. The summed E-state index contributed by atoms with van der Waals surface area (Å²) in [6.07, 6.45) is 0. The molecule has 0 saturated heterocycles. The van der Waals surface area contributed by atoms with Gasteiger partial charge in [0.25, 0.3) is 0 Å². The van der Waals surface area contributed by atoms with Crippen LogP contribution in [0.3, 0.4) is 0 Å². The first-order valence-corrected chi connectivity index (χ1v) is 6.67. The van der Waals surface area contributed by atoms with Gasteiger partial charge in [-0.3, -0.25) is 4.90 Å². The lowest BCUT2D eigenvalue weighted by atomic mass is 9.98. The highest BCUT2D eigenvalue weighted by molar-refractivity contribution is 5.20. The van der Waals surface area contributed by atoms with Crippen LogP contribution in [-0.2, 0) is 4.74 Å². The van der Waals surface area contributed by atoms with Crippen molar-refractivity contribution in [2.45, 2.75) is 25.8 Å². The first kappa shape index (κ1) is 15.2. The van der Waals surface area contributed by atoms with E-state index < -0.39 is 0 Å². The molecule has 1 rings (SSSR count). The maximum Gasteiger partial charge on any atom is 0.0589 e. The van der Waals surface area contributed by atoms with Crippen LogP contribution in [0, 0.1) is 0 Å². The lowest BCUT2D eigenvalue weighted by molar-refractivity contribution is 0.125. The molecule has 0 spiro atoms. The molecule has 1 unspecified atom stereocenters. The first-order valence-electron chi connectivity index (χ1n) is 6.67. The number of hydrogen-bond acceptors (Lipinski definition) is 3. The third-order valence-corrected chi connectivity index (χ3v) is 3.32. The topological polar surface area (TPSA) is 38.5 Å². The molecule has 3 nitrogen and oxygen atoms in total. The third kappa shape index (κ3) is 4.77. The van der Waals surface area contributed by atoms with E-state index in [0.717, 1.165) is 19.7 Å². The Morgan fingerprint density at radius 1 is 1.22 bits per heavy atom. The van der Waals surface area contributed by atoms with Gasteiger partial charge >= 0.3 is 0 Å². The lowest BCUT2D eigenvalue weighted by Gasteiger charge is -2.30. The normalized spacial score (nSPS) is 13.2. The molecule has 0 aliphatic rings. The van der Waals surface area contributed by atoms with E-state index in [0.29, 0.717) is 18.5 Å². The summed E-state index contributed by atoms with van der Waals surface area (Å²) in [4.78, 5) is 2.42. The summed E-state index contributed by atoms with van der Waals surface area (Å²) in [7, 11) is 1.75. The van der Waals surface area contributed by atoms with Gasteiger partial charge in [-0.1, -0.05) is 30.3 Å². The summed E-state index contributed by atoms with van der Waals surface area (Å²) in [6.45, 7) is 7.83. The van der Waals surface area contributed by atoms with Gasteiger partial charge in [0.05, 0.1) is 6.61 Å². The van der Waals surface area contributed by atoms with Crippen LogP contribution in [-0.4, -0.2) is 44.3 Å². The van der Waals surface area contributed by atoms with Gasteiger partial charge < -0.3 is 10.5 Å². The largest absolute Gasteiger partial charge is 0.383 e. The molecule has 0 fully saturated rings. The van der Waals surface area contributed by atoms with E-state index in [1.54, 1.807) is 7.11 Å². The van der Waals surface area contributed by atoms with E-state index in [1.807, 2.05) is 6.07 Å². The molecule has 2 N–H and O–H groups in total. The van der Waals surface area contributed by atoms with Crippen LogP contribution in [0.15, 0.2) is 30.3 Å². The molecule has 1 atom stereocenters. The van der Waals surface area contributed by atoms with E-state index in [-0.39, 0.29) is 0 Å².